The van der Waals surface area contributed by atoms with Crippen LogP contribution in [0.5, 0.6) is 0 Å². The molecule has 2 amide bonds. The number of hydrogen-bond donors (Lipinski definition) is 2. The fourth-order valence-corrected chi connectivity index (χ4v) is 4.28. The van der Waals surface area contributed by atoms with E-state index in [4.69, 9.17) is 4.74 Å². The Morgan fingerprint density at radius 1 is 0.944 bits per heavy atom. The van der Waals surface area contributed by atoms with Crippen LogP contribution in [0.2, 0.25) is 0 Å². The van der Waals surface area contributed by atoms with E-state index in [1.807, 2.05) is 24.3 Å². The average Bonchev–Trinajstić information content (AvgIpc) is 3.22. The molecule has 1 atom stereocenters. The molecule has 1 unspecified atom stereocenters. The van der Waals surface area contributed by atoms with Crippen LogP contribution in [-0.2, 0) is 27.2 Å². The van der Waals surface area contributed by atoms with E-state index in [-0.39, 0.29) is 25.5 Å². The summed E-state index contributed by atoms with van der Waals surface area (Å²) >= 11 is 0. The van der Waals surface area contributed by atoms with E-state index < -0.39 is 24.1 Å². The maximum absolute atomic E-state index is 12.4. The van der Waals surface area contributed by atoms with Gasteiger partial charge in [0.25, 0.3) is 0 Å². The smallest absolute Gasteiger partial charge is 0.432 e. The van der Waals surface area contributed by atoms with Crippen molar-refractivity contribution < 1.29 is 29.0 Å². The molecule has 8 nitrogen and oxygen atoms in total. The molecule has 0 aliphatic heterocycles. The second-order valence-electron chi connectivity index (χ2n) is 8.39. The van der Waals surface area contributed by atoms with Gasteiger partial charge in [-0.25, -0.2) is 9.59 Å². The summed E-state index contributed by atoms with van der Waals surface area (Å²) < 4.78 is 9.95. The molecule has 0 fully saturated rings. The first-order valence-electron chi connectivity index (χ1n) is 11.5. The molecule has 0 heterocycles. The van der Waals surface area contributed by atoms with Gasteiger partial charge in [0.2, 0.25) is 0 Å². The molecular weight excluding hydrogens is 460 g/mol. The first-order chi connectivity index (χ1) is 17.5. The number of benzene rings is 3. The zero-order chi connectivity index (χ0) is 25.5. The Morgan fingerprint density at radius 2 is 1.53 bits per heavy atom. The highest BCUT2D eigenvalue weighted by Gasteiger charge is 2.29. The fourth-order valence-electron chi connectivity index (χ4n) is 4.28. The monoisotopic (exact) mass is 486 g/mol. The van der Waals surface area contributed by atoms with Gasteiger partial charge in [0.05, 0.1) is 13.0 Å². The van der Waals surface area contributed by atoms with E-state index in [2.05, 4.69) is 39.3 Å². The average molecular weight is 487 g/mol. The van der Waals surface area contributed by atoms with Crippen LogP contribution in [0.3, 0.4) is 0 Å². The molecule has 0 radical (unpaired) electrons. The summed E-state index contributed by atoms with van der Waals surface area (Å²) in [5.41, 5.74) is 6.23. The van der Waals surface area contributed by atoms with Crippen molar-refractivity contribution in [2.75, 3.05) is 13.7 Å². The third-order valence-electron chi connectivity index (χ3n) is 6.11. The van der Waals surface area contributed by atoms with Crippen LogP contribution in [0, 0.1) is 5.92 Å². The van der Waals surface area contributed by atoms with Gasteiger partial charge in [0.1, 0.15) is 6.61 Å². The summed E-state index contributed by atoms with van der Waals surface area (Å²) in [6.45, 7) is 0.506. The molecule has 3 aromatic carbocycles. The minimum atomic E-state index is -1.09. The normalized spacial score (nSPS) is 13.0. The van der Waals surface area contributed by atoms with Crippen molar-refractivity contribution in [2.45, 2.75) is 18.9 Å². The molecule has 8 heteroatoms. The van der Waals surface area contributed by atoms with Crippen LogP contribution in [0.15, 0.2) is 77.8 Å². The van der Waals surface area contributed by atoms with Crippen LogP contribution >= 0.6 is 0 Å². The Kier molecular flexibility index (Phi) is 7.75. The van der Waals surface area contributed by atoms with Crippen LogP contribution < -0.4 is 5.32 Å². The number of carboxylic acids is 1. The van der Waals surface area contributed by atoms with Crippen LogP contribution in [0.4, 0.5) is 9.59 Å². The number of nitrogens with zero attached hydrogens (tertiary/aromatic N) is 1. The zero-order valence-electron chi connectivity index (χ0n) is 19.7. The van der Waals surface area contributed by atoms with Gasteiger partial charge in [-0.3, -0.25) is 4.79 Å². The van der Waals surface area contributed by atoms with Crippen LogP contribution in [-0.4, -0.2) is 43.2 Å². The lowest BCUT2D eigenvalue weighted by Gasteiger charge is -2.14. The van der Waals surface area contributed by atoms with Crippen LogP contribution in [0.1, 0.15) is 28.2 Å². The van der Waals surface area contributed by atoms with Gasteiger partial charge in [-0.1, -0.05) is 72.8 Å². The summed E-state index contributed by atoms with van der Waals surface area (Å²) in [4.78, 5) is 38.4. The molecule has 1 aliphatic carbocycles. The molecule has 0 aromatic heterocycles. The van der Waals surface area contributed by atoms with E-state index in [0.29, 0.717) is 0 Å². The summed E-state index contributed by atoms with van der Waals surface area (Å²) in [7, 11) is 1.17. The lowest BCUT2D eigenvalue weighted by atomic mass is 9.98. The second-order valence-corrected chi connectivity index (χ2v) is 8.39. The second kappa shape index (κ2) is 11.3. The van der Waals surface area contributed by atoms with Crippen molar-refractivity contribution in [3.8, 4) is 11.1 Å². The number of amides is 2. The Labute approximate surface area is 208 Å². The van der Waals surface area contributed by atoms with Crippen molar-refractivity contribution in [3.63, 3.8) is 0 Å². The maximum atomic E-state index is 12.4. The Hall–Kier alpha value is -4.46. The third kappa shape index (κ3) is 5.78. The molecule has 0 spiro atoms. The lowest BCUT2D eigenvalue weighted by molar-refractivity contribution is -0.139. The van der Waals surface area contributed by atoms with Crippen LogP contribution in [0.25, 0.3) is 11.1 Å². The number of nitrogens with one attached hydrogen (secondary N) is 1. The number of rotatable bonds is 8. The van der Waals surface area contributed by atoms with E-state index in [0.717, 1.165) is 28.5 Å². The van der Waals surface area contributed by atoms with Gasteiger partial charge in [0, 0.05) is 18.7 Å². The maximum Gasteiger partial charge on any atom is 0.432 e. The summed E-state index contributed by atoms with van der Waals surface area (Å²) in [6, 6.07) is 23.5. The quantitative estimate of drug-likeness (QED) is 0.442. The largest absolute Gasteiger partial charge is 0.481 e. The summed E-state index contributed by atoms with van der Waals surface area (Å²) in [6.07, 6.45) is -0.127. The fraction of sp³-hybridized carbons (Fsp3) is 0.214. The number of aliphatic imine (C=N–C) groups is 1. The number of fused-ring (bicyclic) bond motifs is 3. The van der Waals surface area contributed by atoms with E-state index in [9.17, 15) is 19.5 Å². The summed E-state index contributed by atoms with van der Waals surface area (Å²) in [5, 5.41) is 12.1. The molecule has 3 aromatic rings. The molecule has 184 valence electrons. The number of aliphatic carboxylic acids is 1. The number of alkyl carbamates (subject to hydrolysis) is 1. The molecule has 2 N–H and O–H groups in total. The molecular formula is C28H26N2O6. The van der Waals surface area contributed by atoms with Crippen molar-refractivity contribution in [2.24, 2.45) is 10.9 Å². The Morgan fingerprint density at radius 3 is 2.11 bits per heavy atom. The van der Waals surface area contributed by atoms with Gasteiger partial charge >= 0.3 is 18.2 Å². The predicted octanol–water partition coefficient (Wildman–Crippen LogP) is 4.81. The van der Waals surface area contributed by atoms with E-state index in [1.54, 1.807) is 24.3 Å². The molecule has 36 heavy (non-hydrogen) atoms. The predicted molar refractivity (Wildman–Crippen MR) is 134 cm³/mol. The lowest BCUT2D eigenvalue weighted by Crippen LogP contribution is -2.25. The SMILES string of the molecule is COC(=O)/N=C/C(Cc1ccc(CNC(=O)OCC2c3ccccc3-c3ccccc32)cc1)C(=O)O. The highest BCUT2D eigenvalue weighted by Crippen LogP contribution is 2.44. The first kappa shape index (κ1) is 24.7. The minimum Gasteiger partial charge on any atom is -0.481 e. The van der Waals surface area contributed by atoms with Gasteiger partial charge in [0.15, 0.2) is 0 Å². The van der Waals surface area contributed by atoms with Gasteiger partial charge in [-0.15, -0.1) is 0 Å². The van der Waals surface area contributed by atoms with Gasteiger partial charge in [-0.2, -0.15) is 4.99 Å². The van der Waals surface area contributed by atoms with Gasteiger partial charge in [-0.05, 0) is 39.8 Å². The standard InChI is InChI=1S/C28H26N2O6/c1-35-27(33)30-16-20(26(31)32)14-18-10-12-19(13-11-18)15-29-28(34)36-17-25-23-8-4-2-6-21(23)22-7-3-5-9-24(22)25/h2-13,16,20,25H,14-15,17H2,1H3,(H,29,34)(H,31,32)/b30-16+. The van der Waals surface area contributed by atoms with Crippen molar-refractivity contribution in [3.05, 3.63) is 95.1 Å². The molecule has 4 rings (SSSR count). The third-order valence-corrected chi connectivity index (χ3v) is 6.11. The highest BCUT2D eigenvalue weighted by molar-refractivity contribution is 5.93. The minimum absolute atomic E-state index is 0.00710. The Bertz CT molecular complexity index is 1240. The topological polar surface area (TPSA) is 114 Å². The van der Waals surface area contributed by atoms with Crippen molar-refractivity contribution in [1.29, 1.82) is 0 Å². The number of carbonyl (C=O) groups excluding carboxylic acids is 2. The number of hydrogen-bond acceptors (Lipinski definition) is 5. The zero-order valence-corrected chi connectivity index (χ0v) is 19.7. The molecule has 0 saturated heterocycles. The molecule has 1 aliphatic rings. The Balaban J connectivity index is 1.30. The van der Waals surface area contributed by atoms with Gasteiger partial charge < -0.3 is 19.9 Å². The number of methoxy groups -OCH3 is 1. The van der Waals surface area contributed by atoms with Crippen molar-refractivity contribution in [1.82, 2.24) is 5.32 Å². The highest BCUT2D eigenvalue weighted by atomic mass is 16.5. The molecule has 0 saturated carbocycles. The summed E-state index contributed by atoms with van der Waals surface area (Å²) in [5.74, 6) is -2.06. The van der Waals surface area contributed by atoms with E-state index in [1.165, 1.54) is 18.2 Å². The molecule has 0 bridgehead atoms. The number of carboxylic acid groups (broad SMARTS) is 1. The van der Waals surface area contributed by atoms with Crippen molar-refractivity contribution >= 4 is 24.4 Å². The number of carbonyl (C=O) groups is 3. The van der Waals surface area contributed by atoms with E-state index >= 15 is 0 Å². The first-order valence-corrected chi connectivity index (χ1v) is 11.5. The number of ether oxygens (including phenoxy) is 2.